The van der Waals surface area contributed by atoms with Gasteiger partial charge in [-0.15, -0.1) is 0 Å². The van der Waals surface area contributed by atoms with Crippen LogP contribution in [0.2, 0.25) is 0 Å². The second-order valence-corrected chi connectivity index (χ2v) is 9.24. The zero-order valence-corrected chi connectivity index (χ0v) is 18.7. The van der Waals surface area contributed by atoms with E-state index in [-0.39, 0.29) is 30.5 Å². The highest BCUT2D eigenvalue weighted by molar-refractivity contribution is 4.95. The zero-order chi connectivity index (χ0) is 21.6. The molecule has 0 bridgehead atoms. The molecule has 1 aliphatic rings. The molecule has 0 saturated carbocycles. The fourth-order valence-corrected chi connectivity index (χ4v) is 3.64. The summed E-state index contributed by atoms with van der Waals surface area (Å²) in [6.45, 7) is 17.9. The minimum absolute atomic E-state index is 0.0546. The molecule has 1 heterocycles. The summed E-state index contributed by atoms with van der Waals surface area (Å²) in [6.07, 6.45) is -2.36. The van der Waals surface area contributed by atoms with Gasteiger partial charge in [0.05, 0.1) is 37.1 Å². The van der Waals surface area contributed by atoms with Gasteiger partial charge in [-0.3, -0.25) is 0 Å². The van der Waals surface area contributed by atoms with Crippen LogP contribution in [0.4, 0.5) is 0 Å². The third-order valence-electron chi connectivity index (χ3n) is 5.40. The summed E-state index contributed by atoms with van der Waals surface area (Å²) in [5, 5.41) is 31.6. The van der Waals surface area contributed by atoms with Gasteiger partial charge in [-0.05, 0) is 59.3 Å². The van der Waals surface area contributed by atoms with E-state index in [9.17, 15) is 15.3 Å². The van der Waals surface area contributed by atoms with Crippen LogP contribution >= 0.6 is 0 Å². The van der Waals surface area contributed by atoms with Crippen molar-refractivity contribution in [2.75, 3.05) is 6.61 Å². The van der Waals surface area contributed by atoms with Crippen molar-refractivity contribution in [3.63, 3.8) is 0 Å². The smallest absolute Gasteiger partial charge is 0.163 e. The Balaban J connectivity index is 2.69. The lowest BCUT2D eigenvalue weighted by Crippen LogP contribution is -2.46. The van der Waals surface area contributed by atoms with Gasteiger partial charge in [-0.25, -0.2) is 0 Å². The molecular weight excluding hydrogens is 360 g/mol. The van der Waals surface area contributed by atoms with Crippen molar-refractivity contribution in [1.29, 1.82) is 0 Å². The van der Waals surface area contributed by atoms with Gasteiger partial charge < -0.3 is 29.5 Å². The molecule has 0 aliphatic carbocycles. The summed E-state index contributed by atoms with van der Waals surface area (Å²) < 4.78 is 17.4. The standard InChI is InChI=1S/C22H42O6/c1-13(2)15(5)9-17(23)11-19(24)20(25)21(27-14(3)4)16(6)10-18-12-26-22(7,8)28-18/h14-21,23-25H,1,9-12H2,2-8H3/t15-,16-,17-,18-,19+,20+,21+/m1/s1. The minimum atomic E-state index is -1.09. The first-order valence-electron chi connectivity index (χ1n) is 10.5. The Bertz CT molecular complexity index is 478. The van der Waals surface area contributed by atoms with Crippen LogP contribution in [0, 0.1) is 11.8 Å². The molecule has 1 fully saturated rings. The SMILES string of the molecule is C=C(C)[C@H](C)C[C@@H](O)C[C@H](O)[C@H](O)[C@@H](OC(C)C)[C@H](C)C[C@@H]1COC(C)(C)O1. The first-order chi connectivity index (χ1) is 12.8. The van der Waals surface area contributed by atoms with Crippen molar-refractivity contribution in [3.8, 4) is 0 Å². The van der Waals surface area contributed by atoms with E-state index in [1.165, 1.54) is 0 Å². The lowest BCUT2D eigenvalue weighted by molar-refractivity contribution is -0.153. The van der Waals surface area contributed by atoms with Crippen LogP contribution < -0.4 is 0 Å². The largest absolute Gasteiger partial charge is 0.393 e. The van der Waals surface area contributed by atoms with E-state index < -0.39 is 30.2 Å². The molecule has 0 aromatic heterocycles. The van der Waals surface area contributed by atoms with Gasteiger partial charge in [0.15, 0.2) is 5.79 Å². The highest BCUT2D eigenvalue weighted by Crippen LogP contribution is 2.30. The molecule has 3 N–H and O–H groups in total. The molecule has 0 amide bonds. The van der Waals surface area contributed by atoms with Crippen molar-refractivity contribution >= 4 is 0 Å². The third kappa shape index (κ3) is 8.47. The molecule has 0 unspecified atom stereocenters. The minimum Gasteiger partial charge on any atom is -0.393 e. The maximum atomic E-state index is 10.8. The van der Waals surface area contributed by atoms with Crippen LogP contribution in [0.5, 0.6) is 0 Å². The van der Waals surface area contributed by atoms with Gasteiger partial charge in [-0.1, -0.05) is 26.0 Å². The average Bonchev–Trinajstić information content (AvgIpc) is 2.89. The van der Waals surface area contributed by atoms with Crippen molar-refractivity contribution in [2.45, 2.75) is 110 Å². The number of allylic oxidation sites excluding steroid dienone is 1. The van der Waals surface area contributed by atoms with Crippen molar-refractivity contribution < 1.29 is 29.5 Å². The van der Waals surface area contributed by atoms with E-state index in [0.717, 1.165) is 5.57 Å². The molecule has 28 heavy (non-hydrogen) atoms. The van der Waals surface area contributed by atoms with Gasteiger partial charge >= 0.3 is 0 Å². The first kappa shape index (κ1) is 25.5. The van der Waals surface area contributed by atoms with E-state index in [1.54, 1.807) is 0 Å². The van der Waals surface area contributed by atoms with E-state index in [1.807, 2.05) is 48.5 Å². The Kier molecular flexibility index (Phi) is 10.1. The monoisotopic (exact) mass is 402 g/mol. The molecule has 0 aromatic rings. The molecule has 166 valence electrons. The van der Waals surface area contributed by atoms with Crippen molar-refractivity contribution in [2.24, 2.45) is 11.8 Å². The predicted molar refractivity (Wildman–Crippen MR) is 110 cm³/mol. The Morgan fingerprint density at radius 2 is 1.75 bits per heavy atom. The lowest BCUT2D eigenvalue weighted by Gasteiger charge is -2.34. The summed E-state index contributed by atoms with van der Waals surface area (Å²) >= 11 is 0. The van der Waals surface area contributed by atoms with Gasteiger partial charge in [0.1, 0.15) is 6.10 Å². The molecule has 6 heteroatoms. The highest BCUT2D eigenvalue weighted by Gasteiger charge is 2.38. The summed E-state index contributed by atoms with van der Waals surface area (Å²) in [6, 6.07) is 0. The van der Waals surface area contributed by atoms with Gasteiger partial charge in [0.2, 0.25) is 0 Å². The average molecular weight is 403 g/mol. The van der Waals surface area contributed by atoms with E-state index in [2.05, 4.69) is 6.58 Å². The third-order valence-corrected chi connectivity index (χ3v) is 5.40. The second-order valence-electron chi connectivity index (χ2n) is 9.24. The fourth-order valence-electron chi connectivity index (χ4n) is 3.64. The maximum Gasteiger partial charge on any atom is 0.163 e. The molecule has 7 atom stereocenters. The summed E-state index contributed by atoms with van der Waals surface area (Å²) in [5.74, 6) is -0.494. The van der Waals surface area contributed by atoms with E-state index in [4.69, 9.17) is 14.2 Å². The lowest BCUT2D eigenvalue weighted by atomic mass is 9.88. The Morgan fingerprint density at radius 1 is 1.14 bits per heavy atom. The van der Waals surface area contributed by atoms with Crippen LogP contribution in [0.25, 0.3) is 0 Å². The Morgan fingerprint density at radius 3 is 2.21 bits per heavy atom. The quantitative estimate of drug-likeness (QED) is 0.435. The number of aliphatic hydroxyl groups excluding tert-OH is 3. The summed E-state index contributed by atoms with van der Waals surface area (Å²) in [4.78, 5) is 0. The topological polar surface area (TPSA) is 88.4 Å². The molecule has 1 saturated heterocycles. The van der Waals surface area contributed by atoms with E-state index >= 15 is 0 Å². The normalized spacial score (nSPS) is 25.9. The van der Waals surface area contributed by atoms with Crippen molar-refractivity contribution in [1.82, 2.24) is 0 Å². The number of rotatable bonds is 12. The van der Waals surface area contributed by atoms with Gasteiger partial charge in [0, 0.05) is 6.42 Å². The molecule has 1 aliphatic heterocycles. The maximum absolute atomic E-state index is 10.8. The Labute approximate surface area is 170 Å². The molecule has 6 nitrogen and oxygen atoms in total. The van der Waals surface area contributed by atoms with Crippen molar-refractivity contribution in [3.05, 3.63) is 12.2 Å². The number of hydrogen-bond acceptors (Lipinski definition) is 6. The fraction of sp³-hybridized carbons (Fsp3) is 0.909. The van der Waals surface area contributed by atoms with Gasteiger partial charge in [-0.2, -0.15) is 0 Å². The van der Waals surface area contributed by atoms with Crippen LogP contribution in [0.15, 0.2) is 12.2 Å². The van der Waals surface area contributed by atoms with Gasteiger partial charge in [0.25, 0.3) is 0 Å². The Hall–Kier alpha value is -0.500. The van der Waals surface area contributed by atoms with Crippen LogP contribution in [0.1, 0.15) is 67.7 Å². The number of aliphatic hydroxyl groups is 3. The van der Waals surface area contributed by atoms with E-state index in [0.29, 0.717) is 19.4 Å². The number of hydrogen-bond donors (Lipinski definition) is 3. The summed E-state index contributed by atoms with van der Waals surface area (Å²) in [5.41, 5.74) is 0.991. The predicted octanol–water partition coefficient (Wildman–Crippen LogP) is 3.03. The highest BCUT2D eigenvalue weighted by atomic mass is 16.7. The van der Waals surface area contributed by atoms with Crippen LogP contribution in [0.3, 0.4) is 0 Å². The molecule has 0 radical (unpaired) electrons. The molecule has 1 rings (SSSR count). The summed E-state index contributed by atoms with van der Waals surface area (Å²) in [7, 11) is 0. The van der Waals surface area contributed by atoms with Crippen LogP contribution in [-0.2, 0) is 14.2 Å². The molecule has 0 aromatic carbocycles. The molecular formula is C22H42O6. The second kappa shape index (κ2) is 11.0. The zero-order valence-electron chi connectivity index (χ0n) is 18.7. The molecule has 0 spiro atoms. The van der Waals surface area contributed by atoms with Crippen LogP contribution in [-0.4, -0.2) is 64.3 Å². The first-order valence-corrected chi connectivity index (χ1v) is 10.5. The number of ether oxygens (including phenoxy) is 3.